The van der Waals surface area contributed by atoms with Crippen molar-refractivity contribution in [2.45, 2.75) is 6.42 Å². The maximum Gasteiger partial charge on any atom is 0.311 e. The first-order valence-electron chi connectivity index (χ1n) is 8.83. The number of nitrogens with zero attached hydrogens (tertiary/aromatic N) is 2. The molecule has 2 atom stereocenters. The Morgan fingerprint density at radius 3 is 2.85 bits per heavy atom. The molecule has 0 unspecified atom stereocenters. The van der Waals surface area contributed by atoms with Crippen LogP contribution in [0.15, 0.2) is 42.6 Å². The SMILES string of the molecule is O=C(c1cc(-c2ccccn2)ccc1Cl)N1C[C@H]2COCC[C@@]2(C(=O)O)C1. The molecule has 1 amide bonds. The molecule has 0 bridgehead atoms. The number of ether oxygens (including phenoxy) is 1. The molecule has 1 N–H and O–H groups in total. The largest absolute Gasteiger partial charge is 0.481 e. The van der Waals surface area contributed by atoms with E-state index in [0.717, 1.165) is 11.3 Å². The molecule has 140 valence electrons. The van der Waals surface area contributed by atoms with E-state index in [1.807, 2.05) is 24.3 Å². The Morgan fingerprint density at radius 2 is 2.15 bits per heavy atom. The van der Waals surface area contributed by atoms with Crippen molar-refractivity contribution in [2.75, 3.05) is 26.3 Å². The van der Waals surface area contributed by atoms with Crippen LogP contribution in [0.4, 0.5) is 0 Å². The lowest BCUT2D eigenvalue weighted by atomic mass is 9.74. The number of carboxylic acids is 1. The Labute approximate surface area is 161 Å². The Kier molecular flexibility index (Phi) is 4.61. The number of amides is 1. The second-order valence-electron chi connectivity index (χ2n) is 7.08. The van der Waals surface area contributed by atoms with Crippen LogP contribution in [0.2, 0.25) is 5.02 Å². The number of hydrogen-bond donors (Lipinski definition) is 1. The van der Waals surface area contributed by atoms with Crippen LogP contribution in [-0.4, -0.2) is 53.2 Å². The van der Waals surface area contributed by atoms with E-state index in [-0.39, 0.29) is 18.4 Å². The van der Waals surface area contributed by atoms with Crippen LogP contribution in [0.3, 0.4) is 0 Å². The van der Waals surface area contributed by atoms with Crippen LogP contribution in [0.1, 0.15) is 16.8 Å². The third-order valence-corrected chi connectivity index (χ3v) is 5.91. The number of likely N-dealkylation sites (tertiary alicyclic amines) is 1. The number of fused-ring (bicyclic) bond motifs is 1. The molecule has 4 rings (SSSR count). The summed E-state index contributed by atoms with van der Waals surface area (Å²) in [4.78, 5) is 31.0. The van der Waals surface area contributed by atoms with Crippen molar-refractivity contribution in [1.82, 2.24) is 9.88 Å². The lowest BCUT2D eigenvalue weighted by Gasteiger charge is -2.33. The molecule has 1 aromatic heterocycles. The topological polar surface area (TPSA) is 79.7 Å². The Morgan fingerprint density at radius 1 is 1.30 bits per heavy atom. The molecule has 2 fully saturated rings. The number of rotatable bonds is 3. The molecule has 0 saturated carbocycles. The average Bonchev–Trinajstić information content (AvgIpc) is 3.10. The van der Waals surface area contributed by atoms with Gasteiger partial charge in [0, 0.05) is 37.4 Å². The zero-order valence-corrected chi connectivity index (χ0v) is 15.4. The molecular formula is C20H19ClN2O4. The van der Waals surface area contributed by atoms with Crippen molar-refractivity contribution >= 4 is 23.5 Å². The smallest absolute Gasteiger partial charge is 0.311 e. The standard InChI is InChI=1S/C20H19ClN2O4/c21-16-5-4-13(17-3-1-2-7-22-17)9-15(16)18(24)23-10-14-11-27-8-6-20(14,12-23)19(25)26/h1-5,7,9,14H,6,8,10-12H2,(H,25,26)/t14-,20+/m0/s1. The van der Waals surface area contributed by atoms with E-state index in [1.54, 1.807) is 23.2 Å². The average molecular weight is 387 g/mol. The highest BCUT2D eigenvalue weighted by molar-refractivity contribution is 6.34. The van der Waals surface area contributed by atoms with E-state index < -0.39 is 11.4 Å². The molecule has 0 radical (unpaired) electrons. The molecule has 0 spiro atoms. The maximum absolute atomic E-state index is 13.1. The molecule has 3 heterocycles. The molecule has 27 heavy (non-hydrogen) atoms. The normalized spacial score (nSPS) is 24.5. The number of aromatic nitrogens is 1. The fourth-order valence-corrected chi connectivity index (χ4v) is 4.20. The molecule has 2 aliphatic heterocycles. The first-order valence-corrected chi connectivity index (χ1v) is 9.20. The Bertz CT molecular complexity index is 889. The minimum Gasteiger partial charge on any atom is -0.481 e. The highest BCUT2D eigenvalue weighted by atomic mass is 35.5. The number of carboxylic acid groups (broad SMARTS) is 1. The van der Waals surface area contributed by atoms with E-state index >= 15 is 0 Å². The molecule has 6 nitrogen and oxygen atoms in total. The second kappa shape index (κ2) is 6.94. The van der Waals surface area contributed by atoms with Gasteiger partial charge in [-0.2, -0.15) is 0 Å². The zero-order chi connectivity index (χ0) is 19.0. The van der Waals surface area contributed by atoms with Gasteiger partial charge >= 0.3 is 5.97 Å². The first kappa shape index (κ1) is 17.9. The third-order valence-electron chi connectivity index (χ3n) is 5.58. The maximum atomic E-state index is 13.1. The second-order valence-corrected chi connectivity index (χ2v) is 7.49. The summed E-state index contributed by atoms with van der Waals surface area (Å²) in [6.45, 7) is 1.30. The van der Waals surface area contributed by atoms with E-state index in [1.165, 1.54) is 0 Å². The van der Waals surface area contributed by atoms with Gasteiger partial charge in [0.25, 0.3) is 5.91 Å². The van der Waals surface area contributed by atoms with Gasteiger partial charge in [0.15, 0.2) is 0 Å². The van der Waals surface area contributed by atoms with Crippen molar-refractivity contribution in [1.29, 1.82) is 0 Å². The molecule has 2 aromatic rings. The zero-order valence-electron chi connectivity index (χ0n) is 14.6. The molecule has 1 aromatic carbocycles. The fraction of sp³-hybridized carbons (Fsp3) is 0.350. The summed E-state index contributed by atoms with van der Waals surface area (Å²) in [6.07, 6.45) is 2.10. The monoisotopic (exact) mass is 386 g/mol. The Hall–Kier alpha value is -2.44. The van der Waals surface area contributed by atoms with Gasteiger partial charge in [0.05, 0.1) is 28.3 Å². The quantitative estimate of drug-likeness (QED) is 0.877. The number of carbonyl (C=O) groups excluding carboxylic acids is 1. The van der Waals surface area contributed by atoms with E-state index in [0.29, 0.717) is 36.8 Å². The molecule has 2 saturated heterocycles. The van der Waals surface area contributed by atoms with Crippen molar-refractivity contribution < 1.29 is 19.4 Å². The summed E-state index contributed by atoms with van der Waals surface area (Å²) < 4.78 is 5.46. The number of halogens is 1. The van der Waals surface area contributed by atoms with Gasteiger partial charge in [-0.25, -0.2) is 0 Å². The van der Waals surface area contributed by atoms with Gasteiger partial charge in [0.1, 0.15) is 0 Å². The van der Waals surface area contributed by atoms with E-state index in [9.17, 15) is 14.7 Å². The van der Waals surface area contributed by atoms with Crippen molar-refractivity contribution in [3.63, 3.8) is 0 Å². The summed E-state index contributed by atoms with van der Waals surface area (Å²) in [5, 5.41) is 10.1. The van der Waals surface area contributed by atoms with E-state index in [2.05, 4.69) is 4.98 Å². The van der Waals surface area contributed by atoms with Crippen LogP contribution in [0, 0.1) is 11.3 Å². The minimum atomic E-state index is -0.932. The minimum absolute atomic E-state index is 0.180. The fourth-order valence-electron chi connectivity index (χ4n) is 4.01. The van der Waals surface area contributed by atoms with Crippen LogP contribution < -0.4 is 0 Å². The van der Waals surface area contributed by atoms with Gasteiger partial charge in [-0.15, -0.1) is 0 Å². The number of aliphatic carboxylic acids is 1. The molecule has 7 heteroatoms. The number of hydrogen-bond acceptors (Lipinski definition) is 4. The van der Waals surface area contributed by atoms with Crippen molar-refractivity contribution in [3.8, 4) is 11.3 Å². The van der Waals surface area contributed by atoms with Crippen LogP contribution in [0.5, 0.6) is 0 Å². The van der Waals surface area contributed by atoms with Gasteiger partial charge in [0.2, 0.25) is 0 Å². The Balaban J connectivity index is 1.65. The predicted molar refractivity (Wildman–Crippen MR) is 99.6 cm³/mol. The molecule has 2 aliphatic rings. The molecule has 0 aliphatic carbocycles. The van der Waals surface area contributed by atoms with Crippen LogP contribution >= 0.6 is 11.6 Å². The number of benzene rings is 1. The van der Waals surface area contributed by atoms with Crippen molar-refractivity contribution in [3.05, 3.63) is 53.2 Å². The summed E-state index contributed by atoms with van der Waals surface area (Å²) in [7, 11) is 0. The summed E-state index contributed by atoms with van der Waals surface area (Å²) in [5.74, 6) is -1.32. The molecular weight excluding hydrogens is 368 g/mol. The summed E-state index contributed by atoms with van der Waals surface area (Å²) >= 11 is 6.30. The highest BCUT2D eigenvalue weighted by Crippen LogP contribution is 2.43. The van der Waals surface area contributed by atoms with Crippen molar-refractivity contribution in [2.24, 2.45) is 11.3 Å². The summed E-state index contributed by atoms with van der Waals surface area (Å²) in [6, 6.07) is 10.8. The summed E-state index contributed by atoms with van der Waals surface area (Å²) in [5.41, 5.74) is 0.962. The van der Waals surface area contributed by atoms with E-state index in [4.69, 9.17) is 16.3 Å². The lowest BCUT2D eigenvalue weighted by Crippen LogP contribution is -2.45. The lowest BCUT2D eigenvalue weighted by molar-refractivity contribution is -0.157. The van der Waals surface area contributed by atoms with Crippen LogP contribution in [0.25, 0.3) is 11.3 Å². The van der Waals surface area contributed by atoms with Crippen LogP contribution in [-0.2, 0) is 9.53 Å². The van der Waals surface area contributed by atoms with Gasteiger partial charge in [-0.05, 0) is 30.7 Å². The highest BCUT2D eigenvalue weighted by Gasteiger charge is 2.55. The number of pyridine rings is 1. The predicted octanol–water partition coefficient (Wildman–Crippen LogP) is 2.97. The van der Waals surface area contributed by atoms with Gasteiger partial charge in [-0.3, -0.25) is 14.6 Å². The van der Waals surface area contributed by atoms with Gasteiger partial charge < -0.3 is 14.7 Å². The first-order chi connectivity index (χ1) is 13.0. The van der Waals surface area contributed by atoms with Gasteiger partial charge in [-0.1, -0.05) is 23.7 Å². The third kappa shape index (κ3) is 3.09. The number of carbonyl (C=O) groups is 2.